The number of rotatable bonds is 5. The van der Waals surface area contributed by atoms with Crippen molar-refractivity contribution >= 4 is 40.2 Å². The molecule has 0 aliphatic carbocycles. The minimum absolute atomic E-state index is 0.414. The second-order valence-electron chi connectivity index (χ2n) is 4.67. The monoisotopic (exact) mass is 343 g/mol. The molecule has 0 amide bonds. The molecule has 0 aromatic carbocycles. The Morgan fingerprint density at radius 1 is 1.24 bits per heavy atom. The van der Waals surface area contributed by atoms with Crippen LogP contribution in [0.1, 0.15) is 34.7 Å². The third-order valence-corrected chi connectivity index (χ3v) is 5.12. The zero-order valence-electron chi connectivity index (χ0n) is 12.2. The molecule has 2 aromatic heterocycles. The molecule has 0 saturated carbocycles. The van der Waals surface area contributed by atoms with Crippen LogP contribution in [0.3, 0.4) is 0 Å². The van der Waals surface area contributed by atoms with Crippen molar-refractivity contribution < 1.29 is 0 Å². The molecule has 114 valence electrons. The maximum Gasteiger partial charge on any atom is 0.191 e. The van der Waals surface area contributed by atoms with E-state index in [2.05, 4.69) is 39.7 Å². The number of hydrogen-bond acceptors (Lipinski definition) is 5. The van der Waals surface area contributed by atoms with Gasteiger partial charge in [0.05, 0.1) is 17.4 Å². The molecule has 2 heterocycles. The standard InChI is InChI=1S/C13H18ClN5S2/c1-8(2)12-19-18-11(21-12)7-17-13(15-3)16-6-9-4-5-10(14)20-9/h4-5,8H,6-7H2,1-3H3,(H2,15,16,17). The summed E-state index contributed by atoms with van der Waals surface area (Å²) in [6.45, 7) is 5.55. The summed E-state index contributed by atoms with van der Waals surface area (Å²) in [5.74, 6) is 1.15. The third-order valence-electron chi connectivity index (χ3n) is 2.67. The first kappa shape index (κ1) is 16.2. The fraction of sp³-hybridized carbons (Fsp3) is 0.462. The van der Waals surface area contributed by atoms with Crippen molar-refractivity contribution in [1.29, 1.82) is 0 Å². The van der Waals surface area contributed by atoms with E-state index in [-0.39, 0.29) is 0 Å². The average molecular weight is 344 g/mol. The lowest BCUT2D eigenvalue weighted by Gasteiger charge is -2.09. The van der Waals surface area contributed by atoms with Crippen molar-refractivity contribution in [3.63, 3.8) is 0 Å². The lowest BCUT2D eigenvalue weighted by Crippen LogP contribution is -2.36. The van der Waals surface area contributed by atoms with E-state index in [0.717, 1.165) is 20.3 Å². The average Bonchev–Trinajstić information content (AvgIpc) is 3.08. The van der Waals surface area contributed by atoms with Crippen LogP contribution >= 0.6 is 34.3 Å². The van der Waals surface area contributed by atoms with Gasteiger partial charge in [0, 0.05) is 17.8 Å². The van der Waals surface area contributed by atoms with Gasteiger partial charge in [-0.2, -0.15) is 0 Å². The summed E-state index contributed by atoms with van der Waals surface area (Å²) in [6, 6.07) is 3.90. The first-order valence-electron chi connectivity index (χ1n) is 6.59. The molecule has 5 nitrogen and oxygen atoms in total. The summed E-state index contributed by atoms with van der Waals surface area (Å²) < 4.78 is 0.796. The molecule has 0 atom stereocenters. The van der Waals surface area contributed by atoms with E-state index in [0.29, 0.717) is 19.0 Å². The highest BCUT2D eigenvalue weighted by molar-refractivity contribution is 7.16. The predicted molar refractivity (Wildman–Crippen MR) is 90.4 cm³/mol. The zero-order chi connectivity index (χ0) is 15.2. The summed E-state index contributed by atoms with van der Waals surface area (Å²) in [4.78, 5) is 5.36. The van der Waals surface area contributed by atoms with E-state index in [1.807, 2.05) is 12.1 Å². The molecule has 2 N–H and O–H groups in total. The lowest BCUT2D eigenvalue weighted by molar-refractivity contribution is 0.786. The van der Waals surface area contributed by atoms with Crippen LogP contribution in [0.15, 0.2) is 17.1 Å². The van der Waals surface area contributed by atoms with Crippen LogP contribution < -0.4 is 10.6 Å². The Hall–Kier alpha value is -1.18. The van der Waals surface area contributed by atoms with Crippen molar-refractivity contribution in [2.75, 3.05) is 7.05 Å². The molecular formula is C13H18ClN5S2. The van der Waals surface area contributed by atoms with Gasteiger partial charge in [-0.15, -0.1) is 21.5 Å². The zero-order valence-corrected chi connectivity index (χ0v) is 14.6. The molecule has 8 heteroatoms. The SMILES string of the molecule is CN=C(NCc1ccc(Cl)s1)NCc1nnc(C(C)C)s1. The quantitative estimate of drug-likeness (QED) is 0.646. The van der Waals surface area contributed by atoms with Gasteiger partial charge in [0.2, 0.25) is 0 Å². The summed E-state index contributed by atoms with van der Waals surface area (Å²) in [5.41, 5.74) is 0. The lowest BCUT2D eigenvalue weighted by atomic mass is 10.2. The van der Waals surface area contributed by atoms with E-state index in [1.165, 1.54) is 4.88 Å². The number of thiophene rings is 1. The normalized spacial score (nSPS) is 12.0. The topological polar surface area (TPSA) is 62.2 Å². The minimum Gasteiger partial charge on any atom is -0.352 e. The number of aliphatic imine (C=N–C) groups is 1. The smallest absolute Gasteiger partial charge is 0.191 e. The first-order valence-corrected chi connectivity index (χ1v) is 8.60. The Bertz CT molecular complexity index is 605. The summed E-state index contributed by atoms with van der Waals surface area (Å²) in [6.07, 6.45) is 0. The summed E-state index contributed by atoms with van der Waals surface area (Å²) in [7, 11) is 1.75. The van der Waals surface area contributed by atoms with Crippen molar-refractivity contribution in [3.05, 3.63) is 31.4 Å². The number of nitrogens with zero attached hydrogens (tertiary/aromatic N) is 3. The second kappa shape index (κ2) is 7.72. The summed E-state index contributed by atoms with van der Waals surface area (Å²) in [5, 5.41) is 16.8. The maximum absolute atomic E-state index is 5.91. The van der Waals surface area contributed by atoms with Gasteiger partial charge >= 0.3 is 0 Å². The Morgan fingerprint density at radius 2 is 2.00 bits per heavy atom. The van der Waals surface area contributed by atoms with Gasteiger partial charge < -0.3 is 10.6 Å². The molecule has 2 rings (SSSR count). The molecule has 21 heavy (non-hydrogen) atoms. The van der Waals surface area contributed by atoms with Gasteiger partial charge in [-0.25, -0.2) is 0 Å². The van der Waals surface area contributed by atoms with Gasteiger partial charge in [-0.05, 0) is 12.1 Å². The minimum atomic E-state index is 0.414. The maximum atomic E-state index is 5.91. The Kier molecular flexibility index (Phi) is 5.96. The number of hydrogen-bond donors (Lipinski definition) is 2. The Labute approximate surface area is 137 Å². The molecule has 0 fully saturated rings. The van der Waals surface area contributed by atoms with Gasteiger partial charge in [0.15, 0.2) is 5.96 Å². The molecule has 0 saturated heterocycles. The Balaban J connectivity index is 1.82. The van der Waals surface area contributed by atoms with Crippen LogP contribution in [0, 0.1) is 0 Å². The van der Waals surface area contributed by atoms with Crippen molar-refractivity contribution in [1.82, 2.24) is 20.8 Å². The highest BCUT2D eigenvalue weighted by atomic mass is 35.5. The number of nitrogens with one attached hydrogen (secondary N) is 2. The van der Waals surface area contributed by atoms with Crippen LogP contribution in [-0.4, -0.2) is 23.2 Å². The van der Waals surface area contributed by atoms with Crippen LogP contribution in [0.4, 0.5) is 0 Å². The van der Waals surface area contributed by atoms with Crippen molar-refractivity contribution in [2.45, 2.75) is 32.9 Å². The molecule has 0 bridgehead atoms. The molecule has 2 aromatic rings. The number of aromatic nitrogens is 2. The first-order chi connectivity index (χ1) is 10.1. The van der Waals surface area contributed by atoms with Gasteiger partial charge in [-0.1, -0.05) is 36.8 Å². The van der Waals surface area contributed by atoms with Gasteiger partial charge in [0.1, 0.15) is 10.0 Å². The second-order valence-corrected chi connectivity index (χ2v) is 7.57. The van der Waals surface area contributed by atoms with E-state index in [4.69, 9.17) is 11.6 Å². The molecule has 0 radical (unpaired) electrons. The molecule has 0 aliphatic heterocycles. The number of guanidine groups is 1. The van der Waals surface area contributed by atoms with Crippen molar-refractivity contribution in [2.24, 2.45) is 4.99 Å². The highest BCUT2D eigenvalue weighted by Crippen LogP contribution is 2.21. The molecule has 0 unspecified atom stereocenters. The van der Waals surface area contributed by atoms with Crippen molar-refractivity contribution in [3.8, 4) is 0 Å². The van der Waals surface area contributed by atoms with E-state index < -0.39 is 0 Å². The van der Waals surface area contributed by atoms with E-state index in [9.17, 15) is 0 Å². The number of halogens is 1. The van der Waals surface area contributed by atoms with Crippen LogP contribution in [0.25, 0.3) is 0 Å². The highest BCUT2D eigenvalue weighted by Gasteiger charge is 2.08. The fourth-order valence-corrected chi connectivity index (χ4v) is 3.38. The van der Waals surface area contributed by atoms with Crippen LogP contribution in [-0.2, 0) is 13.1 Å². The summed E-state index contributed by atoms with van der Waals surface area (Å²) >= 11 is 9.10. The largest absolute Gasteiger partial charge is 0.352 e. The van der Waals surface area contributed by atoms with Gasteiger partial charge in [0.25, 0.3) is 0 Å². The molecule has 0 spiro atoms. The fourth-order valence-electron chi connectivity index (χ4n) is 1.57. The van der Waals surface area contributed by atoms with Crippen LogP contribution in [0.5, 0.6) is 0 Å². The van der Waals surface area contributed by atoms with Crippen LogP contribution in [0.2, 0.25) is 4.34 Å². The Morgan fingerprint density at radius 3 is 2.57 bits per heavy atom. The third kappa shape index (κ3) is 4.94. The molecular weight excluding hydrogens is 326 g/mol. The predicted octanol–water partition coefficient (Wildman–Crippen LogP) is 3.24. The van der Waals surface area contributed by atoms with Gasteiger partial charge in [-0.3, -0.25) is 4.99 Å². The van der Waals surface area contributed by atoms with E-state index in [1.54, 1.807) is 29.7 Å². The van der Waals surface area contributed by atoms with E-state index >= 15 is 0 Å². The molecule has 0 aliphatic rings.